The second-order valence-corrected chi connectivity index (χ2v) is 5.96. The average molecular weight is 335 g/mol. The Morgan fingerprint density at radius 1 is 1.16 bits per heavy atom. The fourth-order valence-electron chi connectivity index (χ4n) is 2.56. The predicted octanol–water partition coefficient (Wildman–Crippen LogP) is 3.76. The molecule has 0 bridgehead atoms. The van der Waals surface area contributed by atoms with Gasteiger partial charge in [0.25, 0.3) is 5.89 Å². The van der Waals surface area contributed by atoms with Crippen molar-refractivity contribution in [1.82, 2.24) is 10.1 Å². The number of benzene rings is 2. The van der Waals surface area contributed by atoms with Crippen molar-refractivity contribution >= 4 is 11.6 Å². The van der Waals surface area contributed by atoms with Gasteiger partial charge in [0.05, 0.1) is 12.7 Å². The molecule has 126 valence electrons. The molecular weight excluding hydrogens is 318 g/mol. The molecule has 0 aliphatic heterocycles. The first-order valence-corrected chi connectivity index (χ1v) is 8.13. The van der Waals surface area contributed by atoms with E-state index < -0.39 is 0 Å². The molecule has 1 N–H and O–H groups in total. The van der Waals surface area contributed by atoms with Crippen molar-refractivity contribution in [3.8, 4) is 28.6 Å². The van der Waals surface area contributed by atoms with Crippen LogP contribution in [0.2, 0.25) is 0 Å². The van der Waals surface area contributed by atoms with Crippen LogP contribution in [-0.4, -0.2) is 23.2 Å². The third-order valence-electron chi connectivity index (χ3n) is 4.12. The first-order valence-electron chi connectivity index (χ1n) is 8.13. The van der Waals surface area contributed by atoms with Gasteiger partial charge >= 0.3 is 0 Å². The van der Waals surface area contributed by atoms with Crippen LogP contribution in [0.15, 0.2) is 53.1 Å². The molecule has 25 heavy (non-hydrogen) atoms. The molecule has 6 nitrogen and oxygen atoms in total. The predicted molar refractivity (Wildman–Crippen MR) is 93.1 cm³/mol. The first-order chi connectivity index (χ1) is 12.2. The van der Waals surface area contributed by atoms with Gasteiger partial charge < -0.3 is 14.6 Å². The third kappa shape index (κ3) is 3.24. The van der Waals surface area contributed by atoms with E-state index in [-0.39, 0.29) is 11.8 Å². The fraction of sp³-hybridized carbons (Fsp3) is 0.211. The molecule has 1 aliphatic carbocycles. The van der Waals surface area contributed by atoms with Gasteiger partial charge in [0, 0.05) is 17.2 Å². The van der Waals surface area contributed by atoms with E-state index in [1.165, 1.54) is 0 Å². The Bertz CT molecular complexity index is 898. The lowest BCUT2D eigenvalue weighted by molar-refractivity contribution is -0.117. The molecular formula is C19H17N3O3. The highest BCUT2D eigenvalue weighted by molar-refractivity contribution is 5.94. The van der Waals surface area contributed by atoms with Crippen molar-refractivity contribution in [3.05, 3.63) is 48.5 Å². The van der Waals surface area contributed by atoms with E-state index >= 15 is 0 Å². The summed E-state index contributed by atoms with van der Waals surface area (Å²) in [6.07, 6.45) is 1.97. The van der Waals surface area contributed by atoms with Crippen molar-refractivity contribution in [3.63, 3.8) is 0 Å². The van der Waals surface area contributed by atoms with Crippen molar-refractivity contribution in [1.29, 1.82) is 0 Å². The van der Waals surface area contributed by atoms with Crippen LogP contribution in [0.3, 0.4) is 0 Å². The number of aromatic nitrogens is 2. The fourth-order valence-corrected chi connectivity index (χ4v) is 2.56. The number of anilines is 1. The second-order valence-electron chi connectivity index (χ2n) is 5.96. The summed E-state index contributed by atoms with van der Waals surface area (Å²) >= 11 is 0. The second kappa shape index (κ2) is 6.39. The summed E-state index contributed by atoms with van der Waals surface area (Å²) in [6, 6.07) is 14.9. The molecule has 0 atom stereocenters. The Hall–Kier alpha value is -3.15. The monoisotopic (exact) mass is 335 g/mol. The van der Waals surface area contributed by atoms with Gasteiger partial charge in [-0.1, -0.05) is 17.3 Å². The molecule has 1 fully saturated rings. The summed E-state index contributed by atoms with van der Waals surface area (Å²) in [5, 5.41) is 6.95. The maximum absolute atomic E-state index is 11.8. The number of rotatable bonds is 5. The molecule has 0 unspecified atom stereocenters. The number of ether oxygens (including phenoxy) is 1. The van der Waals surface area contributed by atoms with Crippen molar-refractivity contribution in [2.24, 2.45) is 5.92 Å². The molecule has 0 radical (unpaired) electrons. The maximum Gasteiger partial charge on any atom is 0.262 e. The van der Waals surface area contributed by atoms with Crippen LogP contribution in [0.5, 0.6) is 5.75 Å². The SMILES string of the molecule is COc1ccccc1-c1nc(-c2ccc(NC(=O)C3CC3)cc2)no1. The minimum absolute atomic E-state index is 0.0887. The first kappa shape index (κ1) is 15.4. The van der Waals surface area contributed by atoms with E-state index in [0.29, 0.717) is 17.5 Å². The van der Waals surface area contributed by atoms with Gasteiger partial charge in [-0.2, -0.15) is 4.98 Å². The number of carbonyl (C=O) groups excluding carboxylic acids is 1. The number of methoxy groups -OCH3 is 1. The minimum Gasteiger partial charge on any atom is -0.496 e. The number of nitrogens with one attached hydrogen (secondary N) is 1. The summed E-state index contributed by atoms with van der Waals surface area (Å²) in [7, 11) is 1.60. The normalized spacial score (nSPS) is 13.5. The Morgan fingerprint density at radius 2 is 1.92 bits per heavy atom. The molecule has 0 spiro atoms. The summed E-state index contributed by atoms with van der Waals surface area (Å²) in [6.45, 7) is 0. The lowest BCUT2D eigenvalue weighted by Gasteiger charge is -2.04. The van der Waals surface area contributed by atoms with Crippen LogP contribution >= 0.6 is 0 Å². The molecule has 0 saturated heterocycles. The summed E-state index contributed by atoms with van der Waals surface area (Å²) in [4.78, 5) is 16.2. The summed E-state index contributed by atoms with van der Waals surface area (Å²) in [5.74, 6) is 1.83. The zero-order chi connectivity index (χ0) is 17.2. The van der Waals surface area contributed by atoms with E-state index in [0.717, 1.165) is 29.7 Å². The molecule has 1 amide bonds. The molecule has 1 aliphatic rings. The lowest BCUT2D eigenvalue weighted by atomic mass is 10.2. The van der Waals surface area contributed by atoms with Crippen LogP contribution in [0, 0.1) is 5.92 Å². The van der Waals surface area contributed by atoms with E-state index in [1.807, 2.05) is 48.5 Å². The summed E-state index contributed by atoms with van der Waals surface area (Å²) in [5.41, 5.74) is 2.33. The van der Waals surface area contributed by atoms with Gasteiger partial charge in [0.1, 0.15) is 5.75 Å². The highest BCUT2D eigenvalue weighted by atomic mass is 16.5. The number of para-hydroxylation sites is 1. The number of hydrogen-bond donors (Lipinski definition) is 1. The molecule has 4 rings (SSSR count). The molecule has 6 heteroatoms. The smallest absolute Gasteiger partial charge is 0.262 e. The quantitative estimate of drug-likeness (QED) is 0.768. The van der Waals surface area contributed by atoms with Crippen molar-refractivity contribution < 1.29 is 14.1 Å². The Morgan fingerprint density at radius 3 is 2.64 bits per heavy atom. The molecule has 1 saturated carbocycles. The Labute approximate surface area is 144 Å². The van der Waals surface area contributed by atoms with E-state index in [4.69, 9.17) is 9.26 Å². The number of nitrogens with zero attached hydrogens (tertiary/aromatic N) is 2. The van der Waals surface area contributed by atoms with Gasteiger partial charge in [-0.25, -0.2) is 0 Å². The van der Waals surface area contributed by atoms with Crippen LogP contribution in [0.4, 0.5) is 5.69 Å². The highest BCUT2D eigenvalue weighted by Gasteiger charge is 2.29. The maximum atomic E-state index is 11.8. The van der Waals surface area contributed by atoms with Gasteiger partial charge in [-0.05, 0) is 49.2 Å². The van der Waals surface area contributed by atoms with E-state index in [2.05, 4.69) is 15.5 Å². The minimum atomic E-state index is 0.0887. The molecule has 2 aromatic carbocycles. The van der Waals surface area contributed by atoms with Crippen LogP contribution in [0.1, 0.15) is 12.8 Å². The zero-order valence-corrected chi connectivity index (χ0v) is 13.7. The number of hydrogen-bond acceptors (Lipinski definition) is 5. The lowest BCUT2D eigenvalue weighted by Crippen LogP contribution is -2.12. The highest BCUT2D eigenvalue weighted by Crippen LogP contribution is 2.31. The largest absolute Gasteiger partial charge is 0.496 e. The Kier molecular flexibility index (Phi) is 3.93. The number of amides is 1. The zero-order valence-electron chi connectivity index (χ0n) is 13.7. The van der Waals surface area contributed by atoms with E-state index in [1.54, 1.807) is 7.11 Å². The van der Waals surface area contributed by atoms with Gasteiger partial charge in [-0.15, -0.1) is 0 Å². The molecule has 3 aromatic rings. The topological polar surface area (TPSA) is 77.2 Å². The summed E-state index contributed by atoms with van der Waals surface area (Å²) < 4.78 is 10.7. The van der Waals surface area contributed by atoms with Gasteiger partial charge in [0.15, 0.2) is 0 Å². The molecule has 1 aromatic heterocycles. The van der Waals surface area contributed by atoms with Crippen molar-refractivity contribution in [2.45, 2.75) is 12.8 Å². The van der Waals surface area contributed by atoms with Crippen LogP contribution in [0.25, 0.3) is 22.8 Å². The van der Waals surface area contributed by atoms with E-state index in [9.17, 15) is 4.79 Å². The van der Waals surface area contributed by atoms with Crippen molar-refractivity contribution in [2.75, 3.05) is 12.4 Å². The van der Waals surface area contributed by atoms with Crippen LogP contribution in [-0.2, 0) is 4.79 Å². The number of carbonyl (C=O) groups is 1. The van der Waals surface area contributed by atoms with Crippen LogP contribution < -0.4 is 10.1 Å². The van der Waals surface area contributed by atoms with Gasteiger partial charge in [0.2, 0.25) is 11.7 Å². The average Bonchev–Trinajstić information content (AvgIpc) is 3.40. The van der Waals surface area contributed by atoms with Gasteiger partial charge in [-0.3, -0.25) is 4.79 Å². The Balaban J connectivity index is 1.54. The standard InChI is InChI=1S/C19H17N3O3/c1-24-16-5-3-2-4-15(16)19-21-17(22-25-19)12-8-10-14(11-9-12)20-18(23)13-6-7-13/h2-5,8-11,13H,6-7H2,1H3,(H,20,23). The molecule has 1 heterocycles. The third-order valence-corrected chi connectivity index (χ3v) is 4.12.